The van der Waals surface area contributed by atoms with Gasteiger partial charge in [-0.05, 0) is 30.5 Å². The van der Waals surface area contributed by atoms with Gasteiger partial charge in [0.2, 0.25) is 5.78 Å². The maximum Gasteiger partial charge on any atom is 0.200 e. The van der Waals surface area contributed by atoms with E-state index in [1.807, 2.05) is 0 Å². The SMILES string of the molecule is CS/C(=C\C(=O)c1ccccc1Cl)C(=O)c1ccccc1Cl. The number of hydrogen-bond acceptors (Lipinski definition) is 3. The van der Waals surface area contributed by atoms with Crippen molar-refractivity contribution in [1.29, 1.82) is 0 Å². The van der Waals surface area contributed by atoms with Crippen molar-refractivity contribution in [2.45, 2.75) is 0 Å². The molecule has 0 saturated carbocycles. The number of carbonyl (C=O) groups excluding carboxylic acids is 2. The molecule has 0 aliphatic carbocycles. The molecule has 0 aromatic heterocycles. The fraction of sp³-hybridized carbons (Fsp3) is 0.0588. The third kappa shape index (κ3) is 3.80. The van der Waals surface area contributed by atoms with Gasteiger partial charge in [0.1, 0.15) is 0 Å². The molecule has 0 aliphatic rings. The Hall–Kier alpha value is -1.55. The van der Waals surface area contributed by atoms with E-state index in [2.05, 4.69) is 0 Å². The van der Waals surface area contributed by atoms with Crippen molar-refractivity contribution in [3.8, 4) is 0 Å². The van der Waals surface area contributed by atoms with Crippen molar-refractivity contribution in [3.63, 3.8) is 0 Å². The summed E-state index contributed by atoms with van der Waals surface area (Å²) >= 11 is 13.2. The van der Waals surface area contributed by atoms with Gasteiger partial charge in [0.05, 0.1) is 15.0 Å². The zero-order valence-electron chi connectivity index (χ0n) is 11.7. The Kier molecular flexibility index (Phi) is 5.83. The highest BCUT2D eigenvalue weighted by molar-refractivity contribution is 8.03. The monoisotopic (exact) mass is 350 g/mol. The van der Waals surface area contributed by atoms with E-state index in [-0.39, 0.29) is 11.6 Å². The molecule has 2 aromatic carbocycles. The highest BCUT2D eigenvalue weighted by atomic mass is 35.5. The molecular weight excluding hydrogens is 339 g/mol. The molecule has 0 bridgehead atoms. The third-order valence-corrected chi connectivity index (χ3v) is 4.37. The first-order chi connectivity index (χ1) is 10.5. The molecule has 22 heavy (non-hydrogen) atoms. The van der Waals surface area contributed by atoms with E-state index >= 15 is 0 Å². The first kappa shape index (κ1) is 16.8. The number of carbonyl (C=O) groups is 2. The van der Waals surface area contributed by atoms with Crippen LogP contribution in [0, 0.1) is 0 Å². The van der Waals surface area contributed by atoms with Crippen LogP contribution in [0.3, 0.4) is 0 Å². The normalized spacial score (nSPS) is 11.3. The zero-order chi connectivity index (χ0) is 16.1. The average Bonchev–Trinajstić information content (AvgIpc) is 2.52. The van der Waals surface area contributed by atoms with Crippen molar-refractivity contribution in [2.24, 2.45) is 0 Å². The van der Waals surface area contributed by atoms with Gasteiger partial charge in [0.25, 0.3) is 0 Å². The summed E-state index contributed by atoms with van der Waals surface area (Å²) in [5, 5.41) is 0.715. The maximum absolute atomic E-state index is 12.5. The molecule has 2 nitrogen and oxygen atoms in total. The first-order valence-corrected chi connectivity index (χ1v) is 8.36. The number of allylic oxidation sites excluding steroid dienone is 2. The average molecular weight is 351 g/mol. The highest BCUT2D eigenvalue weighted by Crippen LogP contribution is 2.25. The second-order valence-corrected chi connectivity index (χ2v) is 6.03. The predicted molar refractivity (Wildman–Crippen MR) is 93.2 cm³/mol. The van der Waals surface area contributed by atoms with Gasteiger partial charge in [-0.15, -0.1) is 11.8 Å². The van der Waals surface area contributed by atoms with Crippen molar-refractivity contribution in [1.82, 2.24) is 0 Å². The molecule has 0 N–H and O–H groups in total. The Morgan fingerprint density at radius 3 is 1.91 bits per heavy atom. The minimum Gasteiger partial charge on any atom is -0.289 e. The van der Waals surface area contributed by atoms with Crippen LogP contribution >= 0.6 is 35.0 Å². The predicted octanol–water partition coefficient (Wildman–Crippen LogP) is 5.31. The number of Topliss-reactive ketones (excluding diaryl/α,β-unsaturated/α-hetero) is 1. The minimum absolute atomic E-state index is 0.279. The number of benzene rings is 2. The number of halogens is 2. The van der Waals surface area contributed by atoms with Crippen LogP contribution in [0.1, 0.15) is 20.7 Å². The fourth-order valence-corrected chi connectivity index (χ4v) is 2.82. The van der Waals surface area contributed by atoms with Gasteiger partial charge in [0, 0.05) is 17.2 Å². The van der Waals surface area contributed by atoms with Crippen LogP contribution in [0.2, 0.25) is 10.0 Å². The van der Waals surface area contributed by atoms with E-state index < -0.39 is 0 Å². The fourth-order valence-electron chi connectivity index (χ4n) is 1.85. The highest BCUT2D eigenvalue weighted by Gasteiger charge is 2.17. The van der Waals surface area contributed by atoms with E-state index in [0.717, 1.165) is 0 Å². The zero-order valence-corrected chi connectivity index (χ0v) is 14.0. The van der Waals surface area contributed by atoms with Gasteiger partial charge in [-0.3, -0.25) is 9.59 Å². The van der Waals surface area contributed by atoms with E-state index in [1.54, 1.807) is 54.8 Å². The smallest absolute Gasteiger partial charge is 0.200 e. The summed E-state index contributed by atoms with van der Waals surface area (Å²) in [6, 6.07) is 13.5. The van der Waals surface area contributed by atoms with Crippen molar-refractivity contribution < 1.29 is 9.59 Å². The van der Waals surface area contributed by atoms with Crippen LogP contribution in [0.5, 0.6) is 0 Å². The molecule has 5 heteroatoms. The lowest BCUT2D eigenvalue weighted by molar-refractivity contribution is 0.101. The Morgan fingerprint density at radius 1 is 0.909 bits per heavy atom. The van der Waals surface area contributed by atoms with Crippen LogP contribution in [-0.2, 0) is 0 Å². The van der Waals surface area contributed by atoms with Gasteiger partial charge < -0.3 is 0 Å². The van der Waals surface area contributed by atoms with Gasteiger partial charge in [0.15, 0.2) is 5.78 Å². The lowest BCUT2D eigenvalue weighted by Crippen LogP contribution is -2.05. The molecule has 112 valence electrons. The molecule has 0 atom stereocenters. The van der Waals surface area contributed by atoms with Gasteiger partial charge in [-0.1, -0.05) is 47.5 Å². The lowest BCUT2D eigenvalue weighted by atomic mass is 10.1. The van der Waals surface area contributed by atoms with Crippen LogP contribution < -0.4 is 0 Å². The van der Waals surface area contributed by atoms with Crippen LogP contribution in [0.15, 0.2) is 59.5 Å². The molecule has 0 aliphatic heterocycles. The number of ketones is 2. The van der Waals surface area contributed by atoms with Crippen LogP contribution in [-0.4, -0.2) is 17.8 Å². The van der Waals surface area contributed by atoms with Crippen LogP contribution in [0.4, 0.5) is 0 Å². The molecule has 0 unspecified atom stereocenters. The number of thioether (sulfide) groups is 1. The second-order valence-electron chi connectivity index (χ2n) is 4.37. The van der Waals surface area contributed by atoms with Gasteiger partial charge in [-0.25, -0.2) is 0 Å². The Balaban J connectivity index is 2.36. The quantitative estimate of drug-likeness (QED) is 0.541. The summed E-state index contributed by atoms with van der Waals surface area (Å²) in [5.41, 5.74) is 0.736. The summed E-state index contributed by atoms with van der Waals surface area (Å²) in [6.07, 6.45) is 3.04. The molecule has 0 fully saturated rings. The van der Waals surface area contributed by atoms with Crippen LogP contribution in [0.25, 0.3) is 0 Å². The Labute approximate surface area is 143 Å². The van der Waals surface area contributed by atoms with E-state index in [1.165, 1.54) is 17.8 Å². The molecule has 0 amide bonds. The molecule has 0 spiro atoms. The lowest BCUT2D eigenvalue weighted by Gasteiger charge is -2.06. The van der Waals surface area contributed by atoms with Crippen molar-refractivity contribution >= 4 is 46.5 Å². The van der Waals surface area contributed by atoms with E-state index in [0.29, 0.717) is 26.1 Å². The summed E-state index contributed by atoms with van der Waals surface area (Å²) in [5.74, 6) is -0.589. The van der Waals surface area contributed by atoms with Gasteiger partial charge >= 0.3 is 0 Å². The molecule has 2 rings (SSSR count). The summed E-state index contributed by atoms with van der Waals surface area (Å²) in [7, 11) is 0. The molecule has 2 aromatic rings. The molecular formula is C17H12Cl2O2S. The summed E-state index contributed by atoms with van der Waals surface area (Å²) < 4.78 is 0. The van der Waals surface area contributed by atoms with E-state index in [4.69, 9.17) is 23.2 Å². The standard InChI is InChI=1S/C17H12Cl2O2S/c1-22-16(17(21)12-7-3-5-9-14(12)19)10-15(20)11-6-2-4-8-13(11)18/h2-10H,1H3/b16-10-. The van der Waals surface area contributed by atoms with E-state index in [9.17, 15) is 9.59 Å². The van der Waals surface area contributed by atoms with Crippen molar-refractivity contribution in [2.75, 3.05) is 6.26 Å². The summed E-state index contributed by atoms with van der Waals surface area (Å²) in [4.78, 5) is 25.1. The van der Waals surface area contributed by atoms with Gasteiger partial charge in [-0.2, -0.15) is 0 Å². The minimum atomic E-state index is -0.310. The number of rotatable bonds is 5. The molecule has 0 radical (unpaired) electrons. The Bertz CT molecular complexity index is 754. The third-order valence-electron chi connectivity index (χ3n) is 2.96. The summed E-state index contributed by atoms with van der Waals surface area (Å²) in [6.45, 7) is 0. The van der Waals surface area contributed by atoms with Crippen molar-refractivity contribution in [3.05, 3.63) is 80.7 Å². The molecule has 0 heterocycles. The maximum atomic E-state index is 12.5. The number of hydrogen-bond donors (Lipinski definition) is 0. The second kappa shape index (κ2) is 7.63. The Morgan fingerprint density at radius 2 is 1.41 bits per heavy atom. The largest absolute Gasteiger partial charge is 0.289 e. The topological polar surface area (TPSA) is 34.1 Å². The first-order valence-electron chi connectivity index (χ1n) is 6.38. The molecule has 0 saturated heterocycles.